The average molecular weight is 513 g/mol. The Balaban J connectivity index is 1.34. The van der Waals surface area contributed by atoms with Gasteiger partial charge in [-0.05, 0) is 97.7 Å². The largest absolute Gasteiger partial charge is 0.462 e. The van der Waals surface area contributed by atoms with E-state index < -0.39 is 0 Å². The van der Waals surface area contributed by atoms with Gasteiger partial charge in [0.2, 0.25) is 0 Å². The number of hydrogen-bond donors (Lipinski definition) is 0. The zero-order chi connectivity index (χ0) is 26.6. The normalized spacial score (nSPS) is 37.9. The van der Waals surface area contributed by atoms with Crippen molar-refractivity contribution < 1.29 is 9.53 Å². The van der Waals surface area contributed by atoms with Crippen LogP contribution in [0.2, 0.25) is 0 Å². The Bertz CT molecular complexity index is 782. The first-order valence-electron chi connectivity index (χ1n) is 16.6. The molecule has 0 bridgehead atoms. The fourth-order valence-electron chi connectivity index (χ4n) is 9.87. The molecule has 0 aliphatic heterocycles. The summed E-state index contributed by atoms with van der Waals surface area (Å²) < 4.78 is 6.02. The van der Waals surface area contributed by atoms with E-state index in [4.69, 9.17) is 4.74 Å². The molecule has 3 fully saturated rings. The second-order valence-corrected chi connectivity index (χ2v) is 14.8. The molecule has 0 heterocycles. The van der Waals surface area contributed by atoms with Gasteiger partial charge in [-0.3, -0.25) is 4.79 Å². The summed E-state index contributed by atoms with van der Waals surface area (Å²) in [5.74, 6) is 5.34. The lowest BCUT2D eigenvalue weighted by Gasteiger charge is -2.58. The van der Waals surface area contributed by atoms with Gasteiger partial charge in [0.15, 0.2) is 0 Å². The van der Waals surface area contributed by atoms with Gasteiger partial charge in [-0.15, -0.1) is 0 Å². The van der Waals surface area contributed by atoms with Crippen molar-refractivity contribution >= 4 is 5.97 Å². The zero-order valence-electron chi connectivity index (χ0n) is 25.5. The molecule has 0 spiro atoms. The molecule has 0 radical (unpaired) electrons. The smallest absolute Gasteiger partial charge is 0.306 e. The number of allylic oxidation sites excluding steroid dienone is 1. The molecule has 4 rings (SSSR count). The highest BCUT2D eigenvalue weighted by Gasteiger charge is 2.59. The third-order valence-corrected chi connectivity index (χ3v) is 12.0. The third-order valence-electron chi connectivity index (χ3n) is 12.0. The van der Waals surface area contributed by atoms with E-state index in [1.54, 1.807) is 5.57 Å². The predicted octanol–water partition coefficient (Wildman–Crippen LogP) is 10.3. The molecule has 4 aliphatic rings. The molecule has 2 nitrogen and oxygen atoms in total. The molecule has 0 saturated heterocycles. The number of hydrogen-bond acceptors (Lipinski definition) is 2. The van der Waals surface area contributed by atoms with Gasteiger partial charge in [-0.1, -0.05) is 98.1 Å². The first-order chi connectivity index (χ1) is 17.7. The summed E-state index contributed by atoms with van der Waals surface area (Å²) in [4.78, 5) is 12.5. The zero-order valence-corrected chi connectivity index (χ0v) is 25.5. The van der Waals surface area contributed by atoms with Crippen LogP contribution in [0.4, 0.5) is 0 Å². The molecular weight excluding hydrogens is 452 g/mol. The van der Waals surface area contributed by atoms with Gasteiger partial charge in [0, 0.05) is 12.8 Å². The predicted molar refractivity (Wildman–Crippen MR) is 156 cm³/mol. The van der Waals surface area contributed by atoms with Gasteiger partial charge in [-0.25, -0.2) is 0 Å². The van der Waals surface area contributed by atoms with Crippen LogP contribution >= 0.6 is 0 Å². The quantitative estimate of drug-likeness (QED) is 0.148. The number of rotatable bonds is 12. The van der Waals surface area contributed by atoms with E-state index in [0.717, 1.165) is 61.2 Å². The second kappa shape index (κ2) is 12.6. The van der Waals surface area contributed by atoms with Crippen molar-refractivity contribution in [1.82, 2.24) is 0 Å². The molecular formula is C35H60O2. The van der Waals surface area contributed by atoms with Gasteiger partial charge in [0.25, 0.3) is 0 Å². The van der Waals surface area contributed by atoms with Gasteiger partial charge < -0.3 is 4.74 Å². The number of fused-ring (bicyclic) bond motifs is 5. The topological polar surface area (TPSA) is 26.3 Å². The van der Waals surface area contributed by atoms with Crippen molar-refractivity contribution in [2.45, 2.75) is 157 Å². The molecule has 2 heteroatoms. The van der Waals surface area contributed by atoms with Gasteiger partial charge in [0.1, 0.15) is 6.10 Å². The summed E-state index contributed by atoms with van der Waals surface area (Å²) >= 11 is 0. The number of unbranched alkanes of at least 4 members (excludes halogenated alkanes) is 4. The first-order valence-corrected chi connectivity index (χ1v) is 16.6. The van der Waals surface area contributed by atoms with Gasteiger partial charge in [0.05, 0.1) is 0 Å². The van der Waals surface area contributed by atoms with E-state index in [9.17, 15) is 4.79 Å². The van der Waals surface area contributed by atoms with Crippen molar-refractivity contribution in [1.29, 1.82) is 0 Å². The van der Waals surface area contributed by atoms with Crippen molar-refractivity contribution in [2.75, 3.05) is 0 Å². The molecule has 0 amide bonds. The van der Waals surface area contributed by atoms with Crippen molar-refractivity contribution in [3.05, 3.63) is 11.6 Å². The third kappa shape index (κ3) is 6.35. The summed E-state index contributed by atoms with van der Waals surface area (Å²) in [7, 11) is 0. The molecule has 212 valence electrons. The Morgan fingerprint density at radius 3 is 2.49 bits per heavy atom. The van der Waals surface area contributed by atoms with Gasteiger partial charge in [-0.2, -0.15) is 0 Å². The molecule has 37 heavy (non-hydrogen) atoms. The monoisotopic (exact) mass is 512 g/mol. The summed E-state index contributed by atoms with van der Waals surface area (Å²) in [5.41, 5.74) is 2.54. The minimum absolute atomic E-state index is 0.0485. The summed E-state index contributed by atoms with van der Waals surface area (Å²) in [6.45, 7) is 14.9. The molecule has 0 aromatic rings. The van der Waals surface area contributed by atoms with E-state index in [2.05, 4.69) is 47.6 Å². The molecule has 4 aliphatic carbocycles. The maximum absolute atomic E-state index is 12.5. The number of esters is 1. The van der Waals surface area contributed by atoms with Crippen molar-refractivity contribution in [2.24, 2.45) is 46.3 Å². The van der Waals surface area contributed by atoms with E-state index in [1.807, 2.05) is 0 Å². The van der Waals surface area contributed by atoms with Crippen LogP contribution in [0.3, 0.4) is 0 Å². The highest BCUT2D eigenvalue weighted by molar-refractivity contribution is 5.69. The van der Waals surface area contributed by atoms with Crippen LogP contribution in [-0.4, -0.2) is 12.1 Å². The van der Waals surface area contributed by atoms with Crippen LogP contribution in [0.15, 0.2) is 11.6 Å². The average Bonchev–Trinajstić information content (AvgIpc) is 3.21. The number of carbonyl (C=O) groups is 1. The molecule has 3 saturated carbocycles. The molecule has 0 unspecified atom stereocenters. The SMILES string of the molecule is CCCCCCCC(=O)O[C@@H]1CC[C@@]2(C)C(=CC[C@H]3[C@@H]4CC[C@H]([C@H](C)CCCC(C)C)[C@@]4(C)CC[C@@H]32)C1. The summed E-state index contributed by atoms with van der Waals surface area (Å²) in [6.07, 6.45) is 23.9. The lowest BCUT2D eigenvalue weighted by atomic mass is 9.47. The van der Waals surface area contributed by atoms with Crippen LogP contribution in [0.25, 0.3) is 0 Å². The minimum Gasteiger partial charge on any atom is -0.462 e. The number of ether oxygens (including phenoxy) is 1. The van der Waals surface area contributed by atoms with Crippen molar-refractivity contribution in [3.8, 4) is 0 Å². The highest BCUT2D eigenvalue weighted by Crippen LogP contribution is 2.67. The molecule has 0 N–H and O–H groups in total. The first kappa shape index (κ1) is 29.2. The Labute approximate surface area is 230 Å². The Hall–Kier alpha value is -0.790. The van der Waals surface area contributed by atoms with Crippen LogP contribution in [0.5, 0.6) is 0 Å². The Morgan fingerprint density at radius 1 is 0.946 bits per heavy atom. The Morgan fingerprint density at radius 2 is 1.73 bits per heavy atom. The van der Waals surface area contributed by atoms with E-state index in [-0.39, 0.29) is 12.1 Å². The fourth-order valence-corrected chi connectivity index (χ4v) is 9.87. The van der Waals surface area contributed by atoms with Gasteiger partial charge >= 0.3 is 5.97 Å². The highest BCUT2D eigenvalue weighted by atomic mass is 16.5. The molecule has 0 aromatic heterocycles. The van der Waals surface area contributed by atoms with Crippen LogP contribution in [-0.2, 0) is 9.53 Å². The van der Waals surface area contributed by atoms with Crippen LogP contribution < -0.4 is 0 Å². The number of carbonyl (C=O) groups excluding carboxylic acids is 1. The maximum Gasteiger partial charge on any atom is 0.306 e. The van der Waals surface area contributed by atoms with Crippen LogP contribution in [0, 0.1) is 46.3 Å². The lowest BCUT2D eigenvalue weighted by Crippen LogP contribution is -2.51. The fraction of sp³-hybridized carbons (Fsp3) is 0.914. The molecule has 8 atom stereocenters. The standard InChI is InChI=1S/C35H60O2/c1-7-8-9-10-11-15-33(36)37-28-20-22-34(5)27(24-28)16-17-29-31-19-18-30(26(4)14-12-13-25(2)3)35(31,6)23-21-32(29)34/h16,25-26,28-32H,7-15,17-24H2,1-6H3/t26-,28-,29+,30-,31+,32+,34+,35-/m1/s1. The second-order valence-electron chi connectivity index (χ2n) is 14.8. The van der Waals surface area contributed by atoms with Crippen LogP contribution in [0.1, 0.15) is 151 Å². The van der Waals surface area contributed by atoms with Crippen molar-refractivity contribution in [3.63, 3.8) is 0 Å². The molecule has 0 aromatic carbocycles. The lowest BCUT2D eigenvalue weighted by molar-refractivity contribution is -0.151. The van der Waals surface area contributed by atoms with E-state index in [1.165, 1.54) is 77.0 Å². The Kier molecular flexibility index (Phi) is 9.94. The summed E-state index contributed by atoms with van der Waals surface area (Å²) in [5, 5.41) is 0. The minimum atomic E-state index is 0.0485. The summed E-state index contributed by atoms with van der Waals surface area (Å²) in [6, 6.07) is 0. The maximum atomic E-state index is 12.5. The van der Waals surface area contributed by atoms with E-state index >= 15 is 0 Å². The van der Waals surface area contributed by atoms with E-state index in [0.29, 0.717) is 17.3 Å².